The molecule has 0 fully saturated rings. The highest BCUT2D eigenvalue weighted by Gasteiger charge is 2.24. The van der Waals surface area contributed by atoms with Gasteiger partial charge in [0.05, 0.1) is 12.0 Å². The molecule has 1 aromatic heterocycles. The molecule has 0 aliphatic carbocycles. The average molecular weight is 287 g/mol. The normalized spacial score (nSPS) is 13.4. The van der Waals surface area contributed by atoms with Crippen molar-refractivity contribution in [2.24, 2.45) is 0 Å². The predicted molar refractivity (Wildman–Crippen MR) is 78.5 cm³/mol. The molecule has 0 bridgehead atoms. The molecule has 0 saturated carbocycles. The van der Waals surface area contributed by atoms with Crippen LogP contribution in [0.15, 0.2) is 48.7 Å². The van der Waals surface area contributed by atoms with Crippen LogP contribution in [0.25, 0.3) is 0 Å². The summed E-state index contributed by atoms with van der Waals surface area (Å²) in [5.41, 5.74) is 1.86. The lowest BCUT2D eigenvalue weighted by Crippen LogP contribution is -2.12. The fraction of sp³-hybridized carbons (Fsp3) is 0.250. The van der Waals surface area contributed by atoms with Crippen molar-refractivity contribution in [3.8, 4) is 6.07 Å². The SMILES string of the molecule is N#C[C@H](c1ccccc1)[C@@H](CCO)c1ccc(Cl)nc1. The topological polar surface area (TPSA) is 56.9 Å². The van der Waals surface area contributed by atoms with Crippen molar-refractivity contribution < 1.29 is 5.11 Å². The minimum Gasteiger partial charge on any atom is -0.396 e. The monoisotopic (exact) mass is 286 g/mol. The molecule has 3 nitrogen and oxygen atoms in total. The molecule has 0 radical (unpaired) electrons. The van der Waals surface area contributed by atoms with Gasteiger partial charge in [0.1, 0.15) is 5.15 Å². The Kier molecular flexibility index (Phi) is 5.11. The van der Waals surface area contributed by atoms with E-state index in [2.05, 4.69) is 11.1 Å². The molecule has 0 amide bonds. The zero-order valence-corrected chi connectivity index (χ0v) is 11.7. The first kappa shape index (κ1) is 14.5. The quantitative estimate of drug-likeness (QED) is 0.856. The van der Waals surface area contributed by atoms with E-state index in [-0.39, 0.29) is 18.4 Å². The standard InChI is InChI=1S/C16H15ClN2O/c17-16-7-6-13(11-19-16)14(8-9-20)15(10-18)12-4-2-1-3-5-12/h1-7,11,14-15,20H,8-9H2/t14-,15+/m0/s1. The van der Waals surface area contributed by atoms with E-state index in [0.29, 0.717) is 11.6 Å². The summed E-state index contributed by atoms with van der Waals surface area (Å²) in [5.74, 6) is -0.413. The first-order chi connectivity index (χ1) is 9.76. The van der Waals surface area contributed by atoms with Gasteiger partial charge in [0, 0.05) is 18.7 Å². The van der Waals surface area contributed by atoms with E-state index in [0.717, 1.165) is 11.1 Å². The third-order valence-corrected chi connectivity index (χ3v) is 3.54. The van der Waals surface area contributed by atoms with Gasteiger partial charge in [0.25, 0.3) is 0 Å². The van der Waals surface area contributed by atoms with Gasteiger partial charge >= 0.3 is 0 Å². The van der Waals surface area contributed by atoms with Crippen molar-refractivity contribution in [3.63, 3.8) is 0 Å². The smallest absolute Gasteiger partial charge is 0.129 e. The molecule has 2 aromatic rings. The van der Waals surface area contributed by atoms with Gasteiger partial charge in [0.15, 0.2) is 0 Å². The molecule has 20 heavy (non-hydrogen) atoms. The third kappa shape index (κ3) is 3.36. The number of benzene rings is 1. The molecule has 2 atom stereocenters. The van der Waals surface area contributed by atoms with Crippen LogP contribution in [0.3, 0.4) is 0 Å². The second kappa shape index (κ2) is 7.04. The maximum absolute atomic E-state index is 9.51. The van der Waals surface area contributed by atoms with Gasteiger partial charge in [-0.05, 0) is 23.6 Å². The van der Waals surface area contributed by atoms with E-state index in [1.54, 1.807) is 12.3 Å². The number of nitriles is 1. The summed E-state index contributed by atoms with van der Waals surface area (Å²) < 4.78 is 0. The zero-order chi connectivity index (χ0) is 14.4. The molecule has 1 heterocycles. The van der Waals surface area contributed by atoms with Gasteiger partial charge in [-0.25, -0.2) is 4.98 Å². The Morgan fingerprint density at radius 3 is 2.45 bits per heavy atom. The minimum atomic E-state index is -0.314. The van der Waals surface area contributed by atoms with Crippen LogP contribution in [-0.4, -0.2) is 16.7 Å². The summed E-state index contributed by atoms with van der Waals surface area (Å²) in [7, 11) is 0. The highest BCUT2D eigenvalue weighted by atomic mass is 35.5. The Balaban J connectivity index is 2.36. The van der Waals surface area contributed by atoms with Crippen LogP contribution >= 0.6 is 11.6 Å². The van der Waals surface area contributed by atoms with Crippen LogP contribution in [-0.2, 0) is 0 Å². The van der Waals surface area contributed by atoms with Crippen LogP contribution < -0.4 is 0 Å². The molecule has 0 spiro atoms. The minimum absolute atomic E-state index is 0.0261. The van der Waals surface area contributed by atoms with Crippen molar-refractivity contribution in [1.29, 1.82) is 5.26 Å². The lowest BCUT2D eigenvalue weighted by atomic mass is 9.81. The summed E-state index contributed by atoms with van der Waals surface area (Å²) in [6.07, 6.45) is 2.19. The summed E-state index contributed by atoms with van der Waals surface area (Å²) in [6, 6.07) is 15.5. The highest BCUT2D eigenvalue weighted by Crippen LogP contribution is 2.35. The molecule has 0 unspecified atom stereocenters. The fourth-order valence-electron chi connectivity index (χ4n) is 2.33. The van der Waals surface area contributed by atoms with Gasteiger partial charge < -0.3 is 5.11 Å². The van der Waals surface area contributed by atoms with Crippen LogP contribution in [0, 0.1) is 11.3 Å². The summed E-state index contributed by atoms with van der Waals surface area (Å²) in [4.78, 5) is 4.07. The summed E-state index contributed by atoms with van der Waals surface area (Å²) in [5, 5.41) is 19.2. The van der Waals surface area contributed by atoms with E-state index >= 15 is 0 Å². The Bertz CT molecular complexity index is 578. The van der Waals surface area contributed by atoms with Crippen molar-refractivity contribution in [3.05, 3.63) is 64.9 Å². The second-order valence-corrected chi connectivity index (χ2v) is 4.94. The molecule has 0 aliphatic heterocycles. The van der Waals surface area contributed by atoms with E-state index in [1.165, 1.54) is 0 Å². The number of aromatic nitrogens is 1. The number of hydrogen-bond donors (Lipinski definition) is 1. The first-order valence-electron chi connectivity index (χ1n) is 6.43. The third-order valence-electron chi connectivity index (χ3n) is 3.32. The second-order valence-electron chi connectivity index (χ2n) is 4.55. The zero-order valence-electron chi connectivity index (χ0n) is 10.9. The molecule has 102 valence electrons. The average Bonchev–Trinajstić information content (AvgIpc) is 2.49. The number of aliphatic hydroxyl groups is 1. The van der Waals surface area contributed by atoms with E-state index < -0.39 is 0 Å². The van der Waals surface area contributed by atoms with Crippen molar-refractivity contribution >= 4 is 11.6 Å². The van der Waals surface area contributed by atoms with Gasteiger partial charge in [-0.2, -0.15) is 5.26 Å². The van der Waals surface area contributed by atoms with E-state index in [1.807, 2.05) is 36.4 Å². The van der Waals surface area contributed by atoms with Crippen LogP contribution in [0.1, 0.15) is 29.4 Å². The molecule has 2 rings (SSSR count). The molecular weight excluding hydrogens is 272 g/mol. The van der Waals surface area contributed by atoms with E-state index in [9.17, 15) is 10.4 Å². The molecule has 0 saturated heterocycles. The van der Waals surface area contributed by atoms with E-state index in [4.69, 9.17) is 11.6 Å². The number of rotatable bonds is 5. The Morgan fingerprint density at radius 2 is 1.90 bits per heavy atom. The first-order valence-corrected chi connectivity index (χ1v) is 6.81. The number of aliphatic hydroxyl groups excluding tert-OH is 1. The lowest BCUT2D eigenvalue weighted by Gasteiger charge is -2.21. The van der Waals surface area contributed by atoms with Crippen molar-refractivity contribution in [2.75, 3.05) is 6.61 Å². The molecule has 4 heteroatoms. The summed E-state index contributed by atoms with van der Waals surface area (Å²) in [6.45, 7) is 0.0261. The number of nitrogens with zero attached hydrogens (tertiary/aromatic N) is 2. The summed E-state index contributed by atoms with van der Waals surface area (Å²) >= 11 is 5.80. The van der Waals surface area contributed by atoms with Crippen LogP contribution in [0.4, 0.5) is 0 Å². The van der Waals surface area contributed by atoms with Crippen LogP contribution in [0.2, 0.25) is 5.15 Å². The molecule has 1 N–H and O–H groups in total. The number of halogens is 1. The fourth-order valence-corrected chi connectivity index (χ4v) is 2.44. The van der Waals surface area contributed by atoms with Crippen molar-refractivity contribution in [2.45, 2.75) is 18.3 Å². The predicted octanol–water partition coefficient (Wildman–Crippen LogP) is 3.51. The Labute approximate surface area is 123 Å². The number of hydrogen-bond acceptors (Lipinski definition) is 3. The maximum atomic E-state index is 9.51. The molecule has 1 aromatic carbocycles. The molecule has 0 aliphatic rings. The molecular formula is C16H15ClN2O. The highest BCUT2D eigenvalue weighted by molar-refractivity contribution is 6.29. The Morgan fingerprint density at radius 1 is 1.15 bits per heavy atom. The van der Waals surface area contributed by atoms with Gasteiger partial charge in [-0.15, -0.1) is 0 Å². The lowest BCUT2D eigenvalue weighted by molar-refractivity contribution is 0.272. The number of pyridine rings is 1. The van der Waals surface area contributed by atoms with Gasteiger partial charge in [-0.3, -0.25) is 0 Å². The van der Waals surface area contributed by atoms with Gasteiger partial charge in [-0.1, -0.05) is 48.0 Å². The Hall–Kier alpha value is -1.89. The van der Waals surface area contributed by atoms with Crippen molar-refractivity contribution in [1.82, 2.24) is 4.98 Å². The largest absolute Gasteiger partial charge is 0.396 e. The van der Waals surface area contributed by atoms with Crippen LogP contribution in [0.5, 0.6) is 0 Å². The van der Waals surface area contributed by atoms with Gasteiger partial charge in [0.2, 0.25) is 0 Å². The maximum Gasteiger partial charge on any atom is 0.129 e.